The third kappa shape index (κ3) is 6.58. The molecule has 182 valence electrons. The fourth-order valence-electron chi connectivity index (χ4n) is 4.06. The smallest absolute Gasteiger partial charge is 0.305 e. The molecule has 0 aromatic heterocycles. The minimum Gasteiger partial charge on any atom is -0.469 e. The molecule has 0 bridgehead atoms. The predicted molar refractivity (Wildman–Crippen MR) is 134 cm³/mol. The van der Waals surface area contributed by atoms with E-state index >= 15 is 0 Å². The Balaban J connectivity index is 0.00000187. The molecule has 0 radical (unpaired) electrons. The molecule has 6 nitrogen and oxygen atoms in total. The molecular formula is C26H38N2O4S. The SMILES string of the molecule is CC.COC(=O)CCCCCCCNC1c2ccccc2N(C)S(=O)(=O)c2cc(C)ccc21. The number of carbonyl (C=O) groups excluding carboxylic acids is 1. The van der Waals surface area contributed by atoms with E-state index in [-0.39, 0.29) is 12.0 Å². The number of carbonyl (C=O) groups is 1. The lowest BCUT2D eigenvalue weighted by molar-refractivity contribution is -0.140. The first-order chi connectivity index (χ1) is 15.9. The summed E-state index contributed by atoms with van der Waals surface area (Å²) in [6.07, 6.45) is 5.44. The lowest BCUT2D eigenvalue weighted by atomic mass is 9.96. The molecule has 2 aromatic carbocycles. The first-order valence-corrected chi connectivity index (χ1v) is 13.3. The summed E-state index contributed by atoms with van der Waals surface area (Å²) >= 11 is 0. The molecular weight excluding hydrogens is 436 g/mol. The Labute approximate surface area is 199 Å². The Morgan fingerprint density at radius 1 is 1.00 bits per heavy atom. The van der Waals surface area contributed by atoms with Crippen molar-refractivity contribution in [3.63, 3.8) is 0 Å². The maximum Gasteiger partial charge on any atom is 0.305 e. The summed E-state index contributed by atoms with van der Waals surface area (Å²) in [6.45, 7) is 6.70. The summed E-state index contributed by atoms with van der Waals surface area (Å²) in [5.74, 6) is -0.150. The summed E-state index contributed by atoms with van der Waals surface area (Å²) < 4.78 is 32.6. The van der Waals surface area contributed by atoms with Gasteiger partial charge in [-0.05, 0) is 55.1 Å². The quantitative estimate of drug-likeness (QED) is 0.391. The molecule has 0 saturated carbocycles. The maximum absolute atomic E-state index is 13.3. The standard InChI is InChI=1S/C24H32N2O4S.C2H6/c1-18-14-15-20-22(17-18)31(28,29)26(2)21-12-9-8-11-19(21)24(20)25-16-10-6-4-5-7-13-23(27)30-3;1-2/h8-9,11-12,14-15,17,24-25H,4-7,10,13,16H2,1-3H3;1-2H3. The van der Waals surface area contributed by atoms with Crippen LogP contribution in [0, 0.1) is 6.92 Å². The van der Waals surface area contributed by atoms with Crippen molar-refractivity contribution in [3.8, 4) is 0 Å². The van der Waals surface area contributed by atoms with Crippen LogP contribution in [0.15, 0.2) is 47.4 Å². The van der Waals surface area contributed by atoms with Crippen LogP contribution in [0.4, 0.5) is 5.69 Å². The van der Waals surface area contributed by atoms with E-state index in [2.05, 4.69) is 10.1 Å². The number of ether oxygens (including phenoxy) is 1. The Hall–Kier alpha value is -2.38. The number of unbranched alkanes of at least 4 members (excludes halogenated alkanes) is 4. The third-order valence-electron chi connectivity index (χ3n) is 5.84. The van der Waals surface area contributed by atoms with Gasteiger partial charge >= 0.3 is 5.97 Å². The molecule has 0 amide bonds. The monoisotopic (exact) mass is 474 g/mol. The van der Waals surface area contributed by atoms with Crippen molar-refractivity contribution < 1.29 is 17.9 Å². The van der Waals surface area contributed by atoms with Crippen molar-refractivity contribution in [1.29, 1.82) is 0 Å². The molecule has 0 aliphatic carbocycles. The average Bonchev–Trinajstić information content (AvgIpc) is 2.89. The Kier molecular flexibility index (Phi) is 10.4. The second-order valence-corrected chi connectivity index (χ2v) is 9.99. The fraction of sp³-hybridized carbons (Fsp3) is 0.500. The molecule has 2 aromatic rings. The van der Waals surface area contributed by atoms with Crippen LogP contribution in [0.3, 0.4) is 0 Å². The van der Waals surface area contributed by atoms with Gasteiger partial charge in [-0.15, -0.1) is 0 Å². The number of benzene rings is 2. The van der Waals surface area contributed by atoms with E-state index in [9.17, 15) is 13.2 Å². The second kappa shape index (κ2) is 12.8. The predicted octanol–water partition coefficient (Wildman–Crippen LogP) is 5.35. The number of rotatable bonds is 9. The maximum atomic E-state index is 13.3. The number of nitrogens with one attached hydrogen (secondary N) is 1. The molecule has 33 heavy (non-hydrogen) atoms. The van der Waals surface area contributed by atoms with E-state index < -0.39 is 10.0 Å². The highest BCUT2D eigenvalue weighted by molar-refractivity contribution is 7.92. The lowest BCUT2D eigenvalue weighted by Gasteiger charge is -2.22. The van der Waals surface area contributed by atoms with E-state index in [0.29, 0.717) is 17.0 Å². The highest BCUT2D eigenvalue weighted by atomic mass is 32.2. The molecule has 0 fully saturated rings. The number of hydrogen-bond donors (Lipinski definition) is 1. The van der Waals surface area contributed by atoms with Gasteiger partial charge in [0.25, 0.3) is 10.0 Å². The van der Waals surface area contributed by atoms with Crippen LogP contribution in [0.25, 0.3) is 0 Å². The molecule has 0 saturated heterocycles. The van der Waals surface area contributed by atoms with Gasteiger partial charge in [0.15, 0.2) is 0 Å². The highest BCUT2D eigenvalue weighted by Gasteiger charge is 2.34. The number of fused-ring (bicyclic) bond motifs is 2. The normalized spacial score (nSPS) is 16.0. The number of aryl methyl sites for hydroxylation is 1. The summed E-state index contributed by atoms with van der Waals surface area (Å²) in [6, 6.07) is 13.2. The zero-order valence-electron chi connectivity index (χ0n) is 20.6. The number of para-hydroxylation sites is 1. The number of methoxy groups -OCH3 is 1. The van der Waals surface area contributed by atoms with E-state index in [1.807, 2.05) is 57.2 Å². The number of nitrogens with zero attached hydrogens (tertiary/aromatic N) is 1. The number of esters is 1. The molecule has 1 heterocycles. The first kappa shape index (κ1) is 26.9. The largest absolute Gasteiger partial charge is 0.469 e. The summed E-state index contributed by atoms with van der Waals surface area (Å²) in [5, 5.41) is 3.60. The molecule has 1 atom stereocenters. The molecule has 3 rings (SSSR count). The first-order valence-electron chi connectivity index (χ1n) is 11.8. The minimum absolute atomic E-state index is 0.150. The van der Waals surface area contributed by atoms with E-state index in [0.717, 1.165) is 55.3 Å². The summed E-state index contributed by atoms with van der Waals surface area (Å²) in [4.78, 5) is 11.5. The zero-order valence-corrected chi connectivity index (χ0v) is 21.4. The van der Waals surface area contributed by atoms with Crippen LogP contribution in [0.5, 0.6) is 0 Å². The van der Waals surface area contributed by atoms with Gasteiger partial charge in [0.1, 0.15) is 0 Å². The molecule has 1 aliphatic heterocycles. The van der Waals surface area contributed by atoms with Crippen LogP contribution in [0.1, 0.15) is 75.1 Å². The minimum atomic E-state index is -3.63. The fourth-order valence-corrected chi connectivity index (χ4v) is 5.60. The van der Waals surface area contributed by atoms with Crippen molar-refractivity contribution >= 4 is 21.7 Å². The van der Waals surface area contributed by atoms with Crippen molar-refractivity contribution in [3.05, 3.63) is 59.2 Å². The van der Waals surface area contributed by atoms with Crippen molar-refractivity contribution in [2.24, 2.45) is 0 Å². The van der Waals surface area contributed by atoms with Crippen molar-refractivity contribution in [1.82, 2.24) is 5.32 Å². The van der Waals surface area contributed by atoms with Crippen LogP contribution in [0.2, 0.25) is 0 Å². The zero-order chi connectivity index (χ0) is 24.4. The Morgan fingerprint density at radius 2 is 1.67 bits per heavy atom. The van der Waals surface area contributed by atoms with Gasteiger partial charge in [-0.1, -0.05) is 63.4 Å². The average molecular weight is 475 g/mol. The molecule has 1 N–H and O–H groups in total. The van der Waals surface area contributed by atoms with Gasteiger partial charge in [-0.3, -0.25) is 9.10 Å². The van der Waals surface area contributed by atoms with Gasteiger partial charge in [-0.2, -0.15) is 0 Å². The third-order valence-corrected chi connectivity index (χ3v) is 7.67. The van der Waals surface area contributed by atoms with Crippen LogP contribution >= 0.6 is 0 Å². The summed E-state index contributed by atoms with van der Waals surface area (Å²) in [7, 11) is -0.585. The van der Waals surface area contributed by atoms with Gasteiger partial charge < -0.3 is 10.1 Å². The number of sulfonamides is 1. The summed E-state index contributed by atoms with van der Waals surface area (Å²) in [5.41, 5.74) is 3.39. The Bertz CT molecular complexity index is 1020. The number of hydrogen-bond acceptors (Lipinski definition) is 5. The van der Waals surface area contributed by atoms with Gasteiger partial charge in [0, 0.05) is 13.5 Å². The lowest BCUT2D eigenvalue weighted by Crippen LogP contribution is -2.26. The van der Waals surface area contributed by atoms with E-state index in [1.165, 1.54) is 11.4 Å². The van der Waals surface area contributed by atoms with Crippen molar-refractivity contribution in [2.75, 3.05) is 25.0 Å². The molecule has 1 aliphatic rings. The van der Waals surface area contributed by atoms with Crippen LogP contribution in [-0.2, 0) is 19.6 Å². The number of anilines is 1. The van der Waals surface area contributed by atoms with Gasteiger partial charge in [-0.25, -0.2) is 8.42 Å². The molecule has 7 heteroatoms. The second-order valence-electron chi connectivity index (χ2n) is 8.05. The van der Waals surface area contributed by atoms with Crippen LogP contribution in [-0.4, -0.2) is 35.1 Å². The van der Waals surface area contributed by atoms with Gasteiger partial charge in [0.05, 0.1) is 23.7 Å². The highest BCUT2D eigenvalue weighted by Crippen LogP contribution is 2.40. The van der Waals surface area contributed by atoms with Gasteiger partial charge in [0.2, 0.25) is 0 Å². The Morgan fingerprint density at radius 3 is 2.39 bits per heavy atom. The molecule has 1 unspecified atom stereocenters. The van der Waals surface area contributed by atoms with Crippen LogP contribution < -0.4 is 9.62 Å². The van der Waals surface area contributed by atoms with E-state index in [4.69, 9.17) is 0 Å². The molecule has 0 spiro atoms. The topological polar surface area (TPSA) is 75.7 Å². The van der Waals surface area contributed by atoms with E-state index in [1.54, 1.807) is 13.1 Å². The van der Waals surface area contributed by atoms with Crippen molar-refractivity contribution in [2.45, 2.75) is 70.2 Å².